The van der Waals surface area contributed by atoms with E-state index in [2.05, 4.69) is 88.4 Å². The molecule has 16 saturated carbocycles. The summed E-state index contributed by atoms with van der Waals surface area (Å²) in [5.41, 5.74) is 21.6. The third-order valence-electron chi connectivity index (χ3n) is 25.4. The molecular formula is C68H84N2O4. The second-order valence-corrected chi connectivity index (χ2v) is 31.6. The lowest BCUT2D eigenvalue weighted by Crippen LogP contribution is -2.66. The van der Waals surface area contributed by atoms with Crippen molar-refractivity contribution in [2.45, 2.75) is 192 Å². The summed E-state index contributed by atoms with van der Waals surface area (Å²) in [5, 5.41) is 22.4. The lowest BCUT2D eigenvalue weighted by molar-refractivity contribution is -0.215. The van der Waals surface area contributed by atoms with E-state index in [1.807, 2.05) is 12.1 Å². The summed E-state index contributed by atoms with van der Waals surface area (Å²) in [7, 11) is 0. The molecule has 6 atom stereocenters. The van der Waals surface area contributed by atoms with Gasteiger partial charge in [-0.3, -0.25) is 0 Å². The van der Waals surface area contributed by atoms with Crippen molar-refractivity contribution < 1.29 is 19.7 Å². The van der Waals surface area contributed by atoms with Crippen LogP contribution in [0.15, 0.2) is 72.8 Å². The zero-order chi connectivity index (χ0) is 50.2. The minimum Gasteiger partial charge on any atom is -0.506 e. The first-order chi connectivity index (χ1) is 35.3. The fourth-order valence-electron chi connectivity index (χ4n) is 26.0. The predicted molar refractivity (Wildman–Crippen MR) is 294 cm³/mol. The van der Waals surface area contributed by atoms with Gasteiger partial charge in [0.15, 0.2) is 0 Å². The van der Waals surface area contributed by atoms with Crippen molar-refractivity contribution in [2.75, 3.05) is 11.5 Å². The van der Waals surface area contributed by atoms with Crippen molar-refractivity contribution in [3.05, 3.63) is 95.1 Å². The molecule has 0 amide bonds. The SMILES string of the molecule is CC12CC3CC(C)(C1)CC(c1cc(N)c(O)cc1Oc1ccc(C4(c5ccc(Oc6cc(O)c(N)cc6C67CC8CC(C)(CC(C)(C8)C6)C7)cc5)C5CC6CC4CC(C47CC8CC(CC(C8)C4)C7)(C6)C5)cc1)(C3)C2. The molecule has 0 radical (unpaired) electrons. The second kappa shape index (κ2) is 14.6. The van der Waals surface area contributed by atoms with Crippen LogP contribution in [0.2, 0.25) is 0 Å². The number of hydrogen-bond acceptors (Lipinski definition) is 6. The Morgan fingerprint density at radius 2 is 0.757 bits per heavy atom. The van der Waals surface area contributed by atoms with Crippen molar-refractivity contribution in [3.8, 4) is 34.5 Å². The highest BCUT2D eigenvalue weighted by Gasteiger charge is 2.70. The minimum atomic E-state index is -0.122. The molecular weight excluding hydrogens is 909 g/mol. The van der Waals surface area contributed by atoms with Gasteiger partial charge in [0.2, 0.25) is 0 Å². The topological polar surface area (TPSA) is 111 Å². The van der Waals surface area contributed by atoms with Gasteiger partial charge in [0, 0.05) is 39.5 Å². The Morgan fingerprint density at radius 3 is 1.12 bits per heavy atom. The number of phenols is 2. The average Bonchev–Trinajstić information content (AvgIpc) is 3.31. The quantitative estimate of drug-likeness (QED) is 0.0982. The summed E-state index contributed by atoms with van der Waals surface area (Å²) in [5.74, 6) is 9.74. The number of nitrogen functional groups attached to an aromatic ring is 2. The molecule has 16 aliphatic carbocycles. The van der Waals surface area contributed by atoms with Crippen LogP contribution >= 0.6 is 0 Å². The maximum atomic E-state index is 11.2. The van der Waals surface area contributed by atoms with Crippen molar-refractivity contribution in [1.29, 1.82) is 0 Å². The predicted octanol–water partition coefficient (Wildman–Crippen LogP) is 16.7. The molecule has 16 fully saturated rings. The van der Waals surface area contributed by atoms with Crippen LogP contribution in [0.5, 0.6) is 34.5 Å². The van der Waals surface area contributed by atoms with Gasteiger partial charge in [-0.05, 0) is 275 Å². The highest BCUT2D eigenvalue weighted by Crippen LogP contribution is 2.79. The van der Waals surface area contributed by atoms with Crippen LogP contribution in [-0.2, 0) is 16.2 Å². The van der Waals surface area contributed by atoms with Gasteiger partial charge in [-0.25, -0.2) is 0 Å². The monoisotopic (exact) mass is 993 g/mol. The van der Waals surface area contributed by atoms with Gasteiger partial charge >= 0.3 is 0 Å². The molecule has 16 aliphatic rings. The summed E-state index contributed by atoms with van der Waals surface area (Å²) in [6.45, 7) is 10.1. The van der Waals surface area contributed by atoms with Crippen molar-refractivity contribution in [2.24, 2.45) is 79.8 Å². The smallest absolute Gasteiger partial charge is 0.142 e. The highest BCUT2D eigenvalue weighted by atomic mass is 16.5. The molecule has 0 spiro atoms. The minimum absolute atomic E-state index is 0.00825. The van der Waals surface area contributed by atoms with Crippen LogP contribution in [0.1, 0.15) is 198 Å². The first kappa shape index (κ1) is 45.8. The fourth-order valence-corrected chi connectivity index (χ4v) is 26.0. The first-order valence-corrected chi connectivity index (χ1v) is 30.1. The van der Waals surface area contributed by atoms with E-state index in [4.69, 9.17) is 20.9 Å². The molecule has 20 rings (SSSR count). The third kappa shape index (κ3) is 6.41. The number of aromatic hydroxyl groups is 2. The molecule has 4 aromatic rings. The number of anilines is 2. The largest absolute Gasteiger partial charge is 0.506 e. The standard InChI is InChI=1S/C68H84N2O4/c1-60-22-44-23-61(2,34-60)37-64(26-44,36-60)52-18-54(69)56(71)20-58(52)73-50-9-5-46(6-10-50)68(48-16-43-17-49(68)33-67(31-43,32-48)66-28-40-13-41(29-66)15-42(14-40)30-66)47-7-11-51(12-8-47)74-59-21-57(72)55(70)19-53(59)65-27-45-24-62(3,38-65)35-63(4,25-45)39-65/h5-12,18-21,40-45,48-49,71-72H,13-17,22-39,69-70H2,1-4H3. The number of phenolic OH excluding ortho intramolecular Hbond substituents is 2. The molecule has 0 saturated heterocycles. The van der Waals surface area contributed by atoms with E-state index >= 15 is 0 Å². The molecule has 6 N–H and O–H groups in total. The zero-order valence-electron chi connectivity index (χ0n) is 45.2. The van der Waals surface area contributed by atoms with Crippen LogP contribution in [0.25, 0.3) is 0 Å². The van der Waals surface area contributed by atoms with Gasteiger partial charge in [-0.15, -0.1) is 0 Å². The second-order valence-electron chi connectivity index (χ2n) is 31.6. The van der Waals surface area contributed by atoms with Gasteiger partial charge in [-0.1, -0.05) is 52.0 Å². The summed E-state index contributed by atoms with van der Waals surface area (Å²) in [6, 6.07) is 26.6. The van der Waals surface area contributed by atoms with Crippen molar-refractivity contribution in [1.82, 2.24) is 0 Å². The van der Waals surface area contributed by atoms with E-state index in [0.717, 1.165) is 84.2 Å². The number of rotatable bonds is 9. The van der Waals surface area contributed by atoms with Crippen molar-refractivity contribution >= 4 is 11.4 Å². The van der Waals surface area contributed by atoms with E-state index in [0.29, 0.717) is 55.7 Å². The van der Waals surface area contributed by atoms with Gasteiger partial charge < -0.3 is 31.2 Å². The van der Waals surface area contributed by atoms with Gasteiger partial charge in [0.05, 0.1) is 11.4 Å². The van der Waals surface area contributed by atoms with Crippen LogP contribution in [0, 0.1) is 79.8 Å². The van der Waals surface area contributed by atoms with Crippen LogP contribution < -0.4 is 20.9 Å². The Bertz CT molecular complexity index is 2760. The van der Waals surface area contributed by atoms with E-state index in [9.17, 15) is 10.2 Å². The molecule has 16 bridgehead atoms. The average molecular weight is 993 g/mol. The molecule has 0 aromatic heterocycles. The van der Waals surface area contributed by atoms with E-state index in [1.54, 1.807) is 0 Å². The zero-order valence-corrected chi connectivity index (χ0v) is 45.2. The Kier molecular flexibility index (Phi) is 9.06. The van der Waals surface area contributed by atoms with E-state index < -0.39 is 0 Å². The highest BCUT2D eigenvalue weighted by molar-refractivity contribution is 5.63. The number of hydrogen-bond donors (Lipinski definition) is 4. The Hall–Kier alpha value is -4.32. The molecule has 6 nitrogen and oxygen atoms in total. The number of nitrogens with two attached hydrogens (primary N) is 2. The maximum absolute atomic E-state index is 11.2. The van der Waals surface area contributed by atoms with Gasteiger partial charge in [0.25, 0.3) is 0 Å². The summed E-state index contributed by atoms with van der Waals surface area (Å²) < 4.78 is 14.2. The Labute approximate surface area is 441 Å². The lowest BCUT2D eigenvalue weighted by atomic mass is 9.31. The first-order valence-electron chi connectivity index (χ1n) is 30.1. The maximum Gasteiger partial charge on any atom is 0.142 e. The molecule has 74 heavy (non-hydrogen) atoms. The van der Waals surface area contributed by atoms with E-state index in [1.165, 1.54) is 144 Å². The molecule has 6 unspecified atom stereocenters. The summed E-state index contributed by atoms with van der Waals surface area (Å²) in [4.78, 5) is 0. The third-order valence-corrected chi connectivity index (χ3v) is 25.4. The Morgan fingerprint density at radius 1 is 0.405 bits per heavy atom. The molecule has 6 heteroatoms. The molecule has 4 aromatic carbocycles. The lowest BCUT2D eigenvalue weighted by Gasteiger charge is -2.73. The van der Waals surface area contributed by atoms with Crippen LogP contribution in [-0.4, -0.2) is 10.2 Å². The van der Waals surface area contributed by atoms with Crippen LogP contribution in [0.3, 0.4) is 0 Å². The van der Waals surface area contributed by atoms with E-state index in [-0.39, 0.29) is 27.7 Å². The van der Waals surface area contributed by atoms with Crippen LogP contribution in [0.4, 0.5) is 11.4 Å². The normalized spacial score (nSPS) is 47.2. The van der Waals surface area contributed by atoms with Gasteiger partial charge in [0.1, 0.15) is 34.5 Å². The Balaban J connectivity index is 0.765. The molecule has 390 valence electrons. The number of ether oxygens (including phenoxy) is 2. The molecule has 0 heterocycles. The molecule has 0 aliphatic heterocycles. The van der Waals surface area contributed by atoms with Gasteiger partial charge in [-0.2, -0.15) is 0 Å². The fraction of sp³-hybridized carbons (Fsp3) is 0.647. The summed E-state index contributed by atoms with van der Waals surface area (Å²) >= 11 is 0. The number of benzene rings is 4. The van der Waals surface area contributed by atoms with Crippen molar-refractivity contribution in [3.63, 3.8) is 0 Å². The summed E-state index contributed by atoms with van der Waals surface area (Å²) in [6.07, 6.45) is 30.8.